The second kappa shape index (κ2) is 9.87. The maximum absolute atomic E-state index is 14.4. The van der Waals surface area contributed by atoms with Gasteiger partial charge < -0.3 is 10.0 Å². The van der Waals surface area contributed by atoms with Crippen molar-refractivity contribution in [3.05, 3.63) is 51.3 Å². The van der Waals surface area contributed by atoms with Crippen LogP contribution in [0.15, 0.2) is 24.4 Å². The number of aromatic nitrogens is 2. The first-order valence-electron chi connectivity index (χ1n) is 14.5. The monoisotopic (exact) mass is 585 g/mol. The summed E-state index contributed by atoms with van der Waals surface area (Å²) in [5, 5.41) is 15.0. The van der Waals surface area contributed by atoms with Crippen LogP contribution in [0.3, 0.4) is 0 Å². The third-order valence-electron chi connectivity index (χ3n) is 10.5. The Kier molecular flexibility index (Phi) is 6.85. The van der Waals surface area contributed by atoms with Gasteiger partial charge in [-0.3, -0.25) is 19.1 Å². The Morgan fingerprint density at radius 2 is 1.62 bits per heavy atom. The van der Waals surface area contributed by atoms with E-state index in [0.29, 0.717) is 43.1 Å². The molecule has 0 radical (unpaired) electrons. The van der Waals surface area contributed by atoms with Crippen LogP contribution in [-0.4, -0.2) is 50.0 Å². The largest absolute Gasteiger partial charge is 0.481 e. The molecule has 4 saturated carbocycles. The van der Waals surface area contributed by atoms with Crippen molar-refractivity contribution in [1.29, 1.82) is 0 Å². The summed E-state index contributed by atoms with van der Waals surface area (Å²) in [5.74, 6) is 0.220. The molecule has 1 aromatic carbocycles. The molecular weight excluding hydrogens is 549 g/mol. The molecular formula is C31H37Cl2N3O4. The molecule has 214 valence electrons. The first-order valence-corrected chi connectivity index (χ1v) is 15.3. The molecule has 3 atom stereocenters. The lowest BCUT2D eigenvalue weighted by Gasteiger charge is -2.35. The number of hydrogen-bond acceptors (Lipinski definition) is 4. The fourth-order valence-electron chi connectivity index (χ4n) is 7.54. The first kappa shape index (κ1) is 27.8. The van der Waals surface area contributed by atoms with E-state index in [1.165, 1.54) is 0 Å². The molecule has 1 heterocycles. The van der Waals surface area contributed by atoms with E-state index in [4.69, 9.17) is 28.3 Å². The molecule has 6 rings (SSSR count). The Labute approximate surface area is 245 Å². The lowest BCUT2D eigenvalue weighted by molar-refractivity contribution is -0.150. The van der Waals surface area contributed by atoms with Gasteiger partial charge in [0.2, 0.25) is 0 Å². The lowest BCUT2D eigenvalue weighted by atomic mass is 9.74. The zero-order valence-electron chi connectivity index (χ0n) is 23.3. The summed E-state index contributed by atoms with van der Waals surface area (Å²) in [7, 11) is 0. The fraction of sp³-hybridized carbons (Fsp3) is 0.613. The van der Waals surface area contributed by atoms with Crippen LogP contribution in [0.25, 0.3) is 0 Å². The van der Waals surface area contributed by atoms with Crippen LogP contribution >= 0.6 is 23.2 Å². The van der Waals surface area contributed by atoms with Gasteiger partial charge in [0.15, 0.2) is 5.78 Å². The molecule has 0 spiro atoms. The van der Waals surface area contributed by atoms with E-state index in [-0.39, 0.29) is 57.3 Å². The van der Waals surface area contributed by atoms with Crippen molar-refractivity contribution in [3.63, 3.8) is 0 Å². The normalized spacial score (nSPS) is 30.5. The predicted octanol–water partition coefficient (Wildman–Crippen LogP) is 7.03. The Morgan fingerprint density at radius 3 is 2.17 bits per heavy atom. The van der Waals surface area contributed by atoms with Crippen LogP contribution < -0.4 is 0 Å². The molecule has 40 heavy (non-hydrogen) atoms. The van der Waals surface area contributed by atoms with Crippen molar-refractivity contribution >= 4 is 40.9 Å². The summed E-state index contributed by atoms with van der Waals surface area (Å²) >= 11 is 12.8. The number of carboxylic acids is 1. The van der Waals surface area contributed by atoms with E-state index in [2.05, 4.69) is 13.8 Å². The highest BCUT2D eigenvalue weighted by Crippen LogP contribution is 2.67. The number of halogens is 2. The van der Waals surface area contributed by atoms with Crippen molar-refractivity contribution in [2.24, 2.45) is 22.7 Å². The average molecular weight is 587 g/mol. The van der Waals surface area contributed by atoms with Crippen LogP contribution in [0.5, 0.6) is 0 Å². The SMILES string of the molecule is CC1(C)[C@@H]2C[C@@H](N(CC(=O)c3c(Cl)cccc3Cl)C(=O)c3cnn([C@H]4CC[C@](C)(C(=O)O)CC4)c3C3CC3)C[C@@H]21. The van der Waals surface area contributed by atoms with Crippen molar-refractivity contribution in [3.8, 4) is 0 Å². The molecule has 1 N–H and O–H groups in total. The van der Waals surface area contributed by atoms with Crippen LogP contribution in [0.2, 0.25) is 10.0 Å². The van der Waals surface area contributed by atoms with E-state index in [1.807, 2.05) is 11.6 Å². The highest BCUT2D eigenvalue weighted by molar-refractivity contribution is 6.40. The van der Waals surface area contributed by atoms with Gasteiger partial charge in [0.1, 0.15) is 0 Å². The smallest absolute Gasteiger partial charge is 0.309 e. The summed E-state index contributed by atoms with van der Waals surface area (Å²) in [4.78, 5) is 41.5. The second-order valence-electron chi connectivity index (χ2n) is 13.4. The number of fused-ring (bicyclic) bond motifs is 1. The molecule has 9 heteroatoms. The number of ketones is 1. The Hall–Kier alpha value is -2.38. The second-order valence-corrected chi connectivity index (χ2v) is 14.2. The number of carboxylic acid groups (broad SMARTS) is 1. The van der Waals surface area contributed by atoms with Crippen LogP contribution in [0, 0.1) is 22.7 Å². The molecule has 1 amide bonds. The summed E-state index contributed by atoms with van der Waals surface area (Å²) in [5.41, 5.74) is 1.36. The number of nitrogens with zero attached hydrogens (tertiary/aromatic N) is 3. The van der Waals surface area contributed by atoms with Gasteiger partial charge in [-0.2, -0.15) is 5.10 Å². The van der Waals surface area contributed by atoms with Gasteiger partial charge >= 0.3 is 5.97 Å². The van der Waals surface area contributed by atoms with Crippen molar-refractivity contribution in [2.45, 2.75) is 90.1 Å². The van der Waals surface area contributed by atoms with Crippen molar-refractivity contribution < 1.29 is 19.5 Å². The van der Waals surface area contributed by atoms with Gasteiger partial charge in [-0.1, -0.05) is 43.1 Å². The summed E-state index contributed by atoms with van der Waals surface area (Å²) in [6.07, 6.45) is 8.05. The van der Waals surface area contributed by atoms with Crippen LogP contribution in [0.4, 0.5) is 0 Å². The molecule has 0 saturated heterocycles. The predicted molar refractivity (Wildman–Crippen MR) is 153 cm³/mol. The number of benzene rings is 1. The molecule has 4 fully saturated rings. The van der Waals surface area contributed by atoms with E-state index in [9.17, 15) is 19.5 Å². The van der Waals surface area contributed by atoms with Gasteiger partial charge in [-0.05, 0) is 87.7 Å². The maximum atomic E-state index is 14.4. The van der Waals surface area contributed by atoms with E-state index in [1.54, 1.807) is 29.3 Å². The van der Waals surface area contributed by atoms with Crippen LogP contribution in [0.1, 0.15) is 111 Å². The minimum Gasteiger partial charge on any atom is -0.481 e. The third-order valence-corrected chi connectivity index (χ3v) is 11.2. The minimum atomic E-state index is -0.749. The Balaban J connectivity index is 1.29. The molecule has 1 aromatic heterocycles. The average Bonchev–Trinajstić information content (AvgIpc) is 3.66. The molecule has 4 aliphatic rings. The minimum absolute atomic E-state index is 0.0258. The van der Waals surface area contributed by atoms with Crippen LogP contribution in [-0.2, 0) is 4.79 Å². The first-order chi connectivity index (χ1) is 18.9. The number of Topliss-reactive ketones (excluding diaryl/α,β-unsaturated/α-hetero) is 1. The topological polar surface area (TPSA) is 92.5 Å². The molecule has 4 aliphatic carbocycles. The zero-order valence-corrected chi connectivity index (χ0v) is 24.8. The number of aliphatic carboxylic acids is 1. The van der Waals surface area contributed by atoms with Gasteiger partial charge in [-0.25, -0.2) is 0 Å². The fourth-order valence-corrected chi connectivity index (χ4v) is 8.15. The molecule has 0 unspecified atom stereocenters. The number of hydrogen-bond donors (Lipinski definition) is 1. The number of rotatable bonds is 8. The highest BCUT2D eigenvalue weighted by atomic mass is 35.5. The quantitative estimate of drug-likeness (QED) is 0.335. The Morgan fingerprint density at radius 1 is 1.02 bits per heavy atom. The summed E-state index contributed by atoms with van der Waals surface area (Å²) in [6, 6.07) is 5.05. The molecule has 0 aliphatic heterocycles. The van der Waals surface area contributed by atoms with Gasteiger partial charge in [0, 0.05) is 12.0 Å². The lowest BCUT2D eigenvalue weighted by Crippen LogP contribution is -2.44. The molecule has 2 aromatic rings. The van der Waals surface area contributed by atoms with Gasteiger partial charge in [0.25, 0.3) is 5.91 Å². The number of carbonyl (C=O) groups is 3. The molecule has 0 bridgehead atoms. The highest BCUT2D eigenvalue weighted by Gasteiger charge is 2.63. The van der Waals surface area contributed by atoms with E-state index in [0.717, 1.165) is 31.4 Å². The van der Waals surface area contributed by atoms with Gasteiger partial charge in [-0.15, -0.1) is 0 Å². The standard InChI is InChI=1S/C31H37Cl2N3O4/c1-30(2)21-13-19(14-22(21)30)35(16-25(37)26-23(32)5-4-6-24(26)33)28(38)20-15-34-36(27(20)17-7-8-17)18-9-11-31(3,12-10-18)29(39)40/h4-6,15,17-19,21-22H,7-14,16H2,1-3H3,(H,39,40)/t18-,19-,21-,22+,31-. The Bertz CT molecular complexity index is 1340. The zero-order chi connectivity index (χ0) is 28.6. The third kappa shape index (κ3) is 4.67. The number of amides is 1. The van der Waals surface area contributed by atoms with Gasteiger partial charge in [0.05, 0.1) is 51.1 Å². The maximum Gasteiger partial charge on any atom is 0.309 e. The summed E-state index contributed by atoms with van der Waals surface area (Å²) < 4.78 is 2.01. The summed E-state index contributed by atoms with van der Waals surface area (Å²) in [6.45, 7) is 6.31. The van der Waals surface area contributed by atoms with E-state index < -0.39 is 11.4 Å². The molecule has 7 nitrogen and oxygen atoms in total. The number of carbonyl (C=O) groups excluding carboxylic acids is 2. The van der Waals surface area contributed by atoms with Crippen molar-refractivity contribution in [2.75, 3.05) is 6.54 Å². The van der Waals surface area contributed by atoms with E-state index >= 15 is 0 Å². The van der Waals surface area contributed by atoms with Crippen molar-refractivity contribution in [1.82, 2.24) is 14.7 Å².